The monoisotopic (exact) mass is 229 g/mol. The van der Waals surface area contributed by atoms with E-state index < -0.39 is 0 Å². The Balaban J connectivity index is 2.00. The minimum absolute atomic E-state index is 0.0806. The van der Waals surface area contributed by atoms with Crippen molar-refractivity contribution in [2.45, 2.75) is 26.7 Å². The molecule has 4 nitrogen and oxygen atoms in total. The van der Waals surface area contributed by atoms with E-state index in [1.54, 1.807) is 6.92 Å². The number of hydrogen-bond donors (Lipinski definition) is 0. The molecule has 0 radical (unpaired) electrons. The first kappa shape index (κ1) is 13.5. The molecule has 0 bridgehead atoms. The van der Waals surface area contributed by atoms with Gasteiger partial charge in [0.25, 0.3) is 0 Å². The summed E-state index contributed by atoms with van der Waals surface area (Å²) in [6, 6.07) is 0. The summed E-state index contributed by atoms with van der Waals surface area (Å²) in [7, 11) is 0. The molecule has 1 fully saturated rings. The van der Waals surface area contributed by atoms with Crippen LogP contribution in [0, 0.1) is 5.92 Å². The molecule has 1 aliphatic rings. The van der Waals surface area contributed by atoms with Crippen LogP contribution in [0.5, 0.6) is 0 Å². The molecule has 1 heterocycles. The van der Waals surface area contributed by atoms with Crippen molar-refractivity contribution in [1.29, 1.82) is 0 Å². The van der Waals surface area contributed by atoms with Gasteiger partial charge in [-0.3, -0.25) is 0 Å². The van der Waals surface area contributed by atoms with Crippen LogP contribution in [-0.4, -0.2) is 50.3 Å². The van der Waals surface area contributed by atoms with Crippen LogP contribution in [0.15, 0.2) is 0 Å². The van der Waals surface area contributed by atoms with Gasteiger partial charge in [0.05, 0.1) is 13.2 Å². The molecule has 1 unspecified atom stereocenters. The van der Waals surface area contributed by atoms with E-state index in [2.05, 4.69) is 11.8 Å². The van der Waals surface area contributed by atoms with E-state index in [4.69, 9.17) is 9.47 Å². The Bertz CT molecular complexity index is 208. The number of ether oxygens (including phenoxy) is 2. The topological polar surface area (TPSA) is 38.8 Å². The zero-order chi connectivity index (χ0) is 11.8. The van der Waals surface area contributed by atoms with Gasteiger partial charge in [-0.15, -0.1) is 0 Å². The van der Waals surface area contributed by atoms with E-state index in [0.29, 0.717) is 13.2 Å². The highest BCUT2D eigenvalue weighted by Crippen LogP contribution is 2.14. The van der Waals surface area contributed by atoms with Crippen LogP contribution in [0.25, 0.3) is 0 Å². The van der Waals surface area contributed by atoms with Crippen LogP contribution >= 0.6 is 0 Å². The molecule has 0 aromatic heterocycles. The van der Waals surface area contributed by atoms with Gasteiger partial charge >= 0.3 is 5.97 Å². The summed E-state index contributed by atoms with van der Waals surface area (Å²) in [5.41, 5.74) is 0. The molecule has 0 N–H and O–H groups in total. The van der Waals surface area contributed by atoms with E-state index in [-0.39, 0.29) is 12.6 Å². The number of hydrogen-bond acceptors (Lipinski definition) is 4. The normalized spacial score (nSPS) is 22.0. The van der Waals surface area contributed by atoms with E-state index in [1.165, 1.54) is 12.8 Å². The van der Waals surface area contributed by atoms with E-state index >= 15 is 0 Å². The Morgan fingerprint density at radius 3 is 3.00 bits per heavy atom. The van der Waals surface area contributed by atoms with Gasteiger partial charge in [0, 0.05) is 13.1 Å². The van der Waals surface area contributed by atoms with Crippen molar-refractivity contribution in [2.75, 3.05) is 39.5 Å². The van der Waals surface area contributed by atoms with Gasteiger partial charge in [-0.1, -0.05) is 6.92 Å². The molecule has 1 saturated heterocycles. The second-order valence-corrected chi connectivity index (χ2v) is 4.41. The summed E-state index contributed by atoms with van der Waals surface area (Å²) in [4.78, 5) is 13.4. The predicted octanol–water partition coefficient (Wildman–Crippen LogP) is 1.30. The van der Waals surface area contributed by atoms with Crippen molar-refractivity contribution in [1.82, 2.24) is 4.90 Å². The van der Waals surface area contributed by atoms with Gasteiger partial charge in [-0.25, -0.2) is 4.79 Å². The van der Waals surface area contributed by atoms with E-state index in [0.717, 1.165) is 25.6 Å². The number of carbonyl (C=O) groups excluding carboxylic acids is 1. The molecule has 1 rings (SSSR count). The predicted molar refractivity (Wildman–Crippen MR) is 62.3 cm³/mol. The summed E-state index contributed by atoms with van der Waals surface area (Å²) in [6.07, 6.45) is 2.61. The van der Waals surface area contributed by atoms with Gasteiger partial charge in [0.15, 0.2) is 0 Å². The Kier molecular flexibility index (Phi) is 6.42. The smallest absolute Gasteiger partial charge is 0.332 e. The van der Waals surface area contributed by atoms with Gasteiger partial charge in [-0.05, 0) is 32.2 Å². The van der Waals surface area contributed by atoms with Gasteiger partial charge in [0.1, 0.15) is 6.61 Å². The average molecular weight is 229 g/mol. The Morgan fingerprint density at radius 1 is 1.50 bits per heavy atom. The van der Waals surface area contributed by atoms with Crippen molar-refractivity contribution >= 4 is 5.97 Å². The van der Waals surface area contributed by atoms with E-state index in [9.17, 15) is 4.79 Å². The number of nitrogens with zero attached hydrogens (tertiary/aromatic N) is 1. The number of esters is 1. The highest BCUT2D eigenvalue weighted by Gasteiger charge is 2.15. The van der Waals surface area contributed by atoms with Crippen LogP contribution in [0.2, 0.25) is 0 Å². The van der Waals surface area contributed by atoms with Crippen LogP contribution in [-0.2, 0) is 14.3 Å². The molecule has 0 spiro atoms. The molecule has 0 aliphatic carbocycles. The maximum Gasteiger partial charge on any atom is 0.332 e. The standard InChI is InChI=1S/C12H23NO3/c1-3-16-12(14)10-15-8-7-13-6-4-5-11(2)9-13/h11H,3-10H2,1-2H3. The molecule has 94 valence electrons. The summed E-state index contributed by atoms with van der Waals surface area (Å²) >= 11 is 0. The number of likely N-dealkylation sites (tertiary alicyclic amines) is 1. The number of carbonyl (C=O) groups is 1. The first-order valence-corrected chi connectivity index (χ1v) is 6.18. The maximum absolute atomic E-state index is 11.0. The van der Waals surface area contributed by atoms with Crippen LogP contribution in [0.4, 0.5) is 0 Å². The van der Waals surface area contributed by atoms with Crippen LogP contribution in [0.3, 0.4) is 0 Å². The summed E-state index contributed by atoms with van der Waals surface area (Å²) in [5.74, 6) is 0.522. The summed E-state index contributed by atoms with van der Waals surface area (Å²) in [5, 5.41) is 0. The molecule has 1 atom stereocenters. The first-order valence-electron chi connectivity index (χ1n) is 6.18. The largest absolute Gasteiger partial charge is 0.464 e. The zero-order valence-corrected chi connectivity index (χ0v) is 10.4. The number of piperidine rings is 1. The fourth-order valence-corrected chi connectivity index (χ4v) is 2.04. The molecule has 1 aliphatic heterocycles. The Hall–Kier alpha value is -0.610. The third-order valence-corrected chi connectivity index (χ3v) is 2.82. The van der Waals surface area contributed by atoms with Gasteiger partial charge in [-0.2, -0.15) is 0 Å². The molecular formula is C12H23NO3. The minimum atomic E-state index is -0.269. The molecule has 0 amide bonds. The second kappa shape index (κ2) is 7.63. The highest BCUT2D eigenvalue weighted by atomic mass is 16.6. The molecule has 0 aromatic carbocycles. The lowest BCUT2D eigenvalue weighted by atomic mass is 10.0. The number of rotatable bonds is 6. The Labute approximate surface area is 97.9 Å². The summed E-state index contributed by atoms with van der Waals surface area (Å²) in [6.45, 7) is 8.44. The quantitative estimate of drug-likeness (QED) is 0.508. The van der Waals surface area contributed by atoms with Crippen LogP contribution < -0.4 is 0 Å². The van der Waals surface area contributed by atoms with E-state index in [1.807, 2.05) is 0 Å². The van der Waals surface area contributed by atoms with Crippen LogP contribution in [0.1, 0.15) is 26.7 Å². The first-order chi connectivity index (χ1) is 7.72. The van der Waals surface area contributed by atoms with Gasteiger partial charge < -0.3 is 14.4 Å². The molecule has 16 heavy (non-hydrogen) atoms. The zero-order valence-electron chi connectivity index (χ0n) is 10.4. The lowest BCUT2D eigenvalue weighted by Gasteiger charge is -2.30. The van der Waals surface area contributed by atoms with Crippen molar-refractivity contribution in [2.24, 2.45) is 5.92 Å². The lowest BCUT2D eigenvalue weighted by Crippen LogP contribution is -2.36. The fourth-order valence-electron chi connectivity index (χ4n) is 2.04. The third kappa shape index (κ3) is 5.47. The maximum atomic E-state index is 11.0. The third-order valence-electron chi connectivity index (χ3n) is 2.82. The lowest BCUT2D eigenvalue weighted by molar-refractivity contribution is -0.148. The van der Waals surface area contributed by atoms with Gasteiger partial charge in [0.2, 0.25) is 0 Å². The molecular weight excluding hydrogens is 206 g/mol. The van der Waals surface area contributed by atoms with Crippen molar-refractivity contribution in [3.8, 4) is 0 Å². The Morgan fingerprint density at radius 2 is 2.31 bits per heavy atom. The fraction of sp³-hybridized carbons (Fsp3) is 0.917. The average Bonchev–Trinajstić information content (AvgIpc) is 2.25. The van der Waals surface area contributed by atoms with Crippen molar-refractivity contribution in [3.63, 3.8) is 0 Å². The molecule has 4 heteroatoms. The highest BCUT2D eigenvalue weighted by molar-refractivity contribution is 5.70. The van der Waals surface area contributed by atoms with Crippen molar-refractivity contribution < 1.29 is 14.3 Å². The SMILES string of the molecule is CCOC(=O)COCCN1CCCC(C)C1. The van der Waals surface area contributed by atoms with Crippen molar-refractivity contribution in [3.05, 3.63) is 0 Å². The minimum Gasteiger partial charge on any atom is -0.464 e. The summed E-state index contributed by atoms with van der Waals surface area (Å²) < 4.78 is 10.0. The molecule has 0 saturated carbocycles. The second-order valence-electron chi connectivity index (χ2n) is 4.41. The molecule has 0 aromatic rings.